The molecular formula is C27H37Cl2N3O4S. The van der Waals surface area contributed by atoms with Crippen molar-refractivity contribution in [2.24, 2.45) is 0 Å². The summed E-state index contributed by atoms with van der Waals surface area (Å²) in [5, 5.41) is 3.69. The first-order chi connectivity index (χ1) is 17.4. The van der Waals surface area contributed by atoms with Gasteiger partial charge in [-0.15, -0.1) is 0 Å². The predicted molar refractivity (Wildman–Crippen MR) is 152 cm³/mol. The molecule has 0 saturated heterocycles. The Labute approximate surface area is 231 Å². The highest BCUT2D eigenvalue weighted by molar-refractivity contribution is 7.92. The summed E-state index contributed by atoms with van der Waals surface area (Å²) in [6, 6.07) is 10.0. The second-order valence-electron chi connectivity index (χ2n) is 9.17. The Morgan fingerprint density at radius 2 is 1.70 bits per heavy atom. The van der Waals surface area contributed by atoms with Gasteiger partial charge in [-0.3, -0.25) is 13.9 Å². The number of sulfonamides is 1. The van der Waals surface area contributed by atoms with Gasteiger partial charge < -0.3 is 10.2 Å². The summed E-state index contributed by atoms with van der Waals surface area (Å²) in [6.07, 6.45) is 2.66. The first kappa shape index (κ1) is 30.9. The van der Waals surface area contributed by atoms with E-state index in [1.165, 1.54) is 9.21 Å². The largest absolute Gasteiger partial charge is 0.354 e. The van der Waals surface area contributed by atoms with Crippen molar-refractivity contribution >= 4 is 50.7 Å². The van der Waals surface area contributed by atoms with E-state index in [1.54, 1.807) is 18.2 Å². The summed E-state index contributed by atoms with van der Waals surface area (Å²) in [7, 11) is -3.57. The number of benzene rings is 2. The number of hydrogen-bond acceptors (Lipinski definition) is 4. The molecule has 1 N–H and O–H groups in total. The Morgan fingerprint density at radius 3 is 2.27 bits per heavy atom. The van der Waals surface area contributed by atoms with E-state index >= 15 is 0 Å². The van der Waals surface area contributed by atoms with Crippen molar-refractivity contribution in [3.8, 4) is 0 Å². The molecule has 0 bridgehead atoms. The van der Waals surface area contributed by atoms with Gasteiger partial charge in [-0.1, -0.05) is 55.2 Å². The van der Waals surface area contributed by atoms with Gasteiger partial charge in [0.1, 0.15) is 6.04 Å². The van der Waals surface area contributed by atoms with Gasteiger partial charge in [0.2, 0.25) is 21.8 Å². The van der Waals surface area contributed by atoms with Crippen LogP contribution in [0.25, 0.3) is 0 Å². The molecule has 7 nitrogen and oxygen atoms in total. The topological polar surface area (TPSA) is 86.8 Å². The Bertz CT molecular complexity index is 1180. The van der Waals surface area contributed by atoms with Gasteiger partial charge in [0.25, 0.3) is 0 Å². The number of nitrogens with zero attached hydrogens (tertiary/aromatic N) is 2. The Hall–Kier alpha value is -2.29. The fourth-order valence-electron chi connectivity index (χ4n) is 4.11. The third kappa shape index (κ3) is 8.62. The molecule has 37 heavy (non-hydrogen) atoms. The minimum absolute atomic E-state index is 0.0521. The minimum atomic E-state index is -3.57. The smallest absolute Gasteiger partial charge is 0.242 e. The van der Waals surface area contributed by atoms with Gasteiger partial charge in [-0.05, 0) is 62.4 Å². The van der Waals surface area contributed by atoms with Crippen molar-refractivity contribution < 1.29 is 18.0 Å². The zero-order valence-corrected chi connectivity index (χ0v) is 24.5. The molecule has 2 amide bonds. The summed E-state index contributed by atoms with van der Waals surface area (Å²) in [6.45, 7) is 8.26. The molecule has 2 aromatic rings. The summed E-state index contributed by atoms with van der Waals surface area (Å²) < 4.78 is 26.6. The van der Waals surface area contributed by atoms with Crippen LogP contribution in [0.1, 0.15) is 56.2 Å². The van der Waals surface area contributed by atoms with E-state index in [2.05, 4.69) is 5.32 Å². The fraction of sp³-hybridized carbons (Fsp3) is 0.481. The molecule has 2 aromatic carbocycles. The van der Waals surface area contributed by atoms with Crippen LogP contribution in [-0.2, 0) is 26.2 Å². The second kappa shape index (κ2) is 14.0. The van der Waals surface area contributed by atoms with Crippen molar-refractivity contribution in [2.75, 3.05) is 23.7 Å². The number of anilines is 1. The molecule has 0 saturated carbocycles. The molecule has 0 unspecified atom stereocenters. The maximum absolute atomic E-state index is 13.5. The monoisotopic (exact) mass is 569 g/mol. The van der Waals surface area contributed by atoms with Gasteiger partial charge in [0.05, 0.1) is 11.9 Å². The zero-order chi connectivity index (χ0) is 27.8. The van der Waals surface area contributed by atoms with Crippen LogP contribution in [0.15, 0.2) is 36.4 Å². The maximum Gasteiger partial charge on any atom is 0.242 e. The van der Waals surface area contributed by atoms with Crippen LogP contribution in [0.2, 0.25) is 10.0 Å². The summed E-state index contributed by atoms with van der Waals surface area (Å²) >= 11 is 12.8. The molecule has 0 aromatic heterocycles. The molecule has 0 aliphatic heterocycles. The van der Waals surface area contributed by atoms with Crippen LogP contribution >= 0.6 is 23.2 Å². The molecule has 0 aliphatic carbocycles. The first-order valence-corrected chi connectivity index (χ1v) is 15.1. The molecule has 0 radical (unpaired) electrons. The summed E-state index contributed by atoms with van der Waals surface area (Å²) in [4.78, 5) is 28.0. The maximum atomic E-state index is 13.5. The van der Waals surface area contributed by atoms with E-state index in [9.17, 15) is 18.0 Å². The molecule has 1 atom stereocenters. The number of halogens is 2. The molecule has 10 heteroatoms. The molecule has 0 spiro atoms. The van der Waals surface area contributed by atoms with Gasteiger partial charge in [0, 0.05) is 41.7 Å². The van der Waals surface area contributed by atoms with Crippen LogP contribution in [0.5, 0.6) is 0 Å². The number of carbonyl (C=O) groups excluding carboxylic acids is 2. The summed E-state index contributed by atoms with van der Waals surface area (Å²) in [5.41, 5.74) is 2.93. The molecule has 204 valence electrons. The van der Waals surface area contributed by atoms with Crippen LogP contribution < -0.4 is 9.62 Å². The lowest BCUT2D eigenvalue weighted by molar-refractivity contribution is -0.141. The number of rotatable bonds is 13. The summed E-state index contributed by atoms with van der Waals surface area (Å²) in [5.74, 6) is -0.516. The number of hydrogen-bond donors (Lipinski definition) is 1. The van der Waals surface area contributed by atoms with E-state index in [0.717, 1.165) is 23.8 Å². The predicted octanol–water partition coefficient (Wildman–Crippen LogP) is 5.49. The molecular weight excluding hydrogens is 533 g/mol. The average molecular weight is 571 g/mol. The highest BCUT2D eigenvalue weighted by Crippen LogP contribution is 2.28. The number of carbonyl (C=O) groups is 2. The van der Waals surface area contributed by atoms with Crippen molar-refractivity contribution in [1.29, 1.82) is 0 Å². The standard InChI is InChI=1S/C27H37Cl2N3O4S/c1-6-15-30-27(34)24(7-2)31(18-21-22(28)10-8-11-23(21)29)26(33)12-9-16-32(37(5,35)36)25-17-19(3)13-14-20(25)4/h8,10-11,13-14,17,24H,6-7,9,12,15-16,18H2,1-5H3,(H,30,34)/t24-/m1/s1. The Balaban J connectivity index is 2.29. The van der Waals surface area contributed by atoms with Crippen molar-refractivity contribution in [1.82, 2.24) is 10.2 Å². The van der Waals surface area contributed by atoms with Gasteiger partial charge in [0.15, 0.2) is 0 Å². The number of nitrogens with one attached hydrogen (secondary N) is 1. The molecule has 2 rings (SSSR count). The molecule has 0 fully saturated rings. The van der Waals surface area contributed by atoms with Crippen LogP contribution in [-0.4, -0.2) is 50.5 Å². The van der Waals surface area contributed by atoms with E-state index in [-0.39, 0.29) is 37.7 Å². The fourth-order valence-corrected chi connectivity index (χ4v) is 5.64. The first-order valence-electron chi connectivity index (χ1n) is 12.5. The van der Waals surface area contributed by atoms with Gasteiger partial charge in [-0.25, -0.2) is 8.42 Å². The lowest BCUT2D eigenvalue weighted by Crippen LogP contribution is -2.49. The van der Waals surface area contributed by atoms with E-state index in [0.29, 0.717) is 34.3 Å². The normalized spacial score (nSPS) is 12.2. The van der Waals surface area contributed by atoms with E-state index < -0.39 is 16.1 Å². The second-order valence-corrected chi connectivity index (χ2v) is 11.9. The van der Waals surface area contributed by atoms with Gasteiger partial charge >= 0.3 is 0 Å². The van der Waals surface area contributed by atoms with Crippen molar-refractivity contribution in [2.45, 2.75) is 66.0 Å². The Kier molecular flexibility index (Phi) is 11.7. The van der Waals surface area contributed by atoms with Crippen molar-refractivity contribution in [3.63, 3.8) is 0 Å². The lowest BCUT2D eigenvalue weighted by Gasteiger charge is -2.31. The highest BCUT2D eigenvalue weighted by Gasteiger charge is 2.30. The molecule has 0 heterocycles. The van der Waals surface area contributed by atoms with Crippen LogP contribution in [0, 0.1) is 13.8 Å². The van der Waals surface area contributed by atoms with E-state index in [4.69, 9.17) is 23.2 Å². The van der Waals surface area contributed by atoms with E-state index in [1.807, 2.05) is 45.9 Å². The number of aryl methyl sites for hydroxylation is 2. The lowest BCUT2D eigenvalue weighted by atomic mass is 10.1. The average Bonchev–Trinajstić information content (AvgIpc) is 2.83. The highest BCUT2D eigenvalue weighted by atomic mass is 35.5. The third-order valence-electron chi connectivity index (χ3n) is 6.11. The quantitative estimate of drug-likeness (QED) is 0.345. The van der Waals surface area contributed by atoms with Gasteiger partial charge in [-0.2, -0.15) is 0 Å². The Morgan fingerprint density at radius 1 is 1.05 bits per heavy atom. The SMILES string of the molecule is CCCNC(=O)[C@@H](CC)N(Cc1c(Cl)cccc1Cl)C(=O)CCCN(c1cc(C)ccc1C)S(C)(=O)=O. The number of amides is 2. The minimum Gasteiger partial charge on any atom is -0.354 e. The van der Waals surface area contributed by atoms with Crippen molar-refractivity contribution in [3.05, 3.63) is 63.1 Å². The van der Waals surface area contributed by atoms with Crippen LogP contribution in [0.4, 0.5) is 5.69 Å². The zero-order valence-electron chi connectivity index (χ0n) is 22.2. The third-order valence-corrected chi connectivity index (χ3v) is 8.00. The molecule has 0 aliphatic rings. The van der Waals surface area contributed by atoms with Crippen LogP contribution in [0.3, 0.4) is 0 Å².